The van der Waals surface area contributed by atoms with Crippen molar-refractivity contribution in [2.24, 2.45) is 35.5 Å². The number of hydrogen-bond donors (Lipinski definition) is 1. The van der Waals surface area contributed by atoms with Crippen LogP contribution >= 0.6 is 11.6 Å². The lowest BCUT2D eigenvalue weighted by atomic mass is 9.63. The third kappa shape index (κ3) is 3.11. The van der Waals surface area contributed by atoms with E-state index in [4.69, 9.17) is 11.6 Å². The van der Waals surface area contributed by atoms with Crippen LogP contribution in [-0.4, -0.2) is 23.0 Å². The van der Waals surface area contributed by atoms with Gasteiger partial charge in [-0.2, -0.15) is 0 Å². The van der Waals surface area contributed by atoms with Crippen LogP contribution in [0.1, 0.15) is 22.3 Å². The van der Waals surface area contributed by atoms with Gasteiger partial charge >= 0.3 is 0 Å². The number of nitrogens with zero attached hydrogens (tertiary/aromatic N) is 1. The van der Waals surface area contributed by atoms with Crippen molar-refractivity contribution in [1.82, 2.24) is 0 Å². The molecule has 1 saturated heterocycles. The molecule has 7 atom stereocenters. The van der Waals surface area contributed by atoms with Gasteiger partial charge in [-0.25, -0.2) is 8.78 Å². The van der Waals surface area contributed by atoms with E-state index in [1.807, 2.05) is 0 Å². The SMILES string of the molecule is O=C(/C=C/c1ccc(N2C(=O)[C@@H]3C4C=CC(C5CC54)C3C2O)c(F)c1)c1ccc(F)c(Cl)c1. The highest BCUT2D eigenvalue weighted by atomic mass is 35.5. The third-order valence-corrected chi connectivity index (χ3v) is 7.99. The Kier molecular flexibility index (Phi) is 4.61. The molecule has 1 N–H and O–H groups in total. The number of anilines is 1. The molecule has 0 spiro atoms. The predicted octanol–water partition coefficient (Wildman–Crippen LogP) is 4.86. The average molecular weight is 468 g/mol. The minimum absolute atomic E-state index is 0.0452. The highest BCUT2D eigenvalue weighted by Gasteiger charge is 2.67. The van der Waals surface area contributed by atoms with Crippen molar-refractivity contribution in [3.63, 3.8) is 0 Å². The second-order valence-corrected chi connectivity index (χ2v) is 9.77. The summed E-state index contributed by atoms with van der Waals surface area (Å²) in [5, 5.41) is 10.9. The van der Waals surface area contributed by atoms with E-state index < -0.39 is 23.6 Å². The molecule has 3 fully saturated rings. The maximum absolute atomic E-state index is 15.1. The van der Waals surface area contributed by atoms with Crippen molar-refractivity contribution < 1.29 is 23.5 Å². The summed E-state index contributed by atoms with van der Waals surface area (Å²) in [4.78, 5) is 26.8. The van der Waals surface area contributed by atoms with Crippen LogP contribution in [0.4, 0.5) is 14.5 Å². The Morgan fingerprint density at radius 2 is 1.82 bits per heavy atom. The van der Waals surface area contributed by atoms with E-state index in [9.17, 15) is 19.1 Å². The van der Waals surface area contributed by atoms with Gasteiger partial charge in [0.15, 0.2) is 5.78 Å². The molecule has 168 valence electrons. The predicted molar refractivity (Wildman–Crippen MR) is 119 cm³/mol. The minimum atomic E-state index is -1.05. The Labute approximate surface area is 194 Å². The van der Waals surface area contributed by atoms with E-state index in [0.717, 1.165) is 12.5 Å². The number of allylic oxidation sites excluding steroid dienone is 3. The molecule has 7 rings (SSSR count). The zero-order valence-electron chi connectivity index (χ0n) is 17.4. The van der Waals surface area contributed by atoms with E-state index in [1.165, 1.54) is 41.3 Å². The van der Waals surface area contributed by atoms with Crippen molar-refractivity contribution in [2.75, 3.05) is 4.90 Å². The largest absolute Gasteiger partial charge is 0.373 e. The Balaban J connectivity index is 1.23. The Morgan fingerprint density at radius 3 is 2.58 bits per heavy atom. The van der Waals surface area contributed by atoms with E-state index in [-0.39, 0.29) is 45.9 Å². The summed E-state index contributed by atoms with van der Waals surface area (Å²) in [6.07, 6.45) is 6.99. The maximum atomic E-state index is 15.1. The van der Waals surface area contributed by atoms with Crippen molar-refractivity contribution in [1.29, 1.82) is 0 Å². The average Bonchev–Trinajstić information content (AvgIpc) is 3.58. The van der Waals surface area contributed by atoms with Gasteiger partial charge in [-0.1, -0.05) is 35.9 Å². The van der Waals surface area contributed by atoms with Crippen LogP contribution in [0.2, 0.25) is 5.02 Å². The Hall–Kier alpha value is -2.83. The van der Waals surface area contributed by atoms with Gasteiger partial charge < -0.3 is 5.11 Å². The number of hydrogen-bond acceptors (Lipinski definition) is 3. The molecule has 6 unspecified atom stereocenters. The van der Waals surface area contributed by atoms with Crippen molar-refractivity contribution in [3.05, 3.63) is 82.4 Å². The van der Waals surface area contributed by atoms with Crippen LogP contribution < -0.4 is 4.90 Å². The normalized spacial score (nSPS) is 33.5. The fourth-order valence-electron chi connectivity index (χ4n) is 6.14. The fourth-order valence-corrected chi connectivity index (χ4v) is 6.32. The molecule has 1 amide bonds. The first-order valence-electron chi connectivity index (χ1n) is 11.0. The van der Waals surface area contributed by atoms with Crippen LogP contribution in [0.15, 0.2) is 54.6 Å². The van der Waals surface area contributed by atoms with Crippen molar-refractivity contribution >= 4 is 35.1 Å². The lowest BCUT2D eigenvalue weighted by molar-refractivity contribution is -0.123. The number of amides is 1. The summed E-state index contributed by atoms with van der Waals surface area (Å²) in [5.74, 6) is -1.02. The van der Waals surface area contributed by atoms with Gasteiger partial charge in [0.05, 0.1) is 16.6 Å². The molecule has 1 aliphatic heterocycles. The van der Waals surface area contributed by atoms with Crippen LogP contribution in [0, 0.1) is 47.1 Å². The molecule has 4 aliphatic carbocycles. The molecule has 0 aromatic heterocycles. The molecule has 2 aromatic rings. The zero-order chi connectivity index (χ0) is 23.0. The first-order chi connectivity index (χ1) is 15.8. The summed E-state index contributed by atoms with van der Waals surface area (Å²) < 4.78 is 28.4. The quantitative estimate of drug-likeness (QED) is 0.397. The lowest BCUT2D eigenvalue weighted by Gasteiger charge is -2.40. The highest BCUT2D eigenvalue weighted by Crippen LogP contribution is 2.66. The summed E-state index contributed by atoms with van der Waals surface area (Å²) in [5.41, 5.74) is 0.674. The molecular weight excluding hydrogens is 448 g/mol. The molecule has 4 nitrogen and oxygen atoms in total. The third-order valence-electron chi connectivity index (χ3n) is 7.70. The summed E-state index contributed by atoms with van der Waals surface area (Å²) in [7, 11) is 0. The van der Waals surface area contributed by atoms with E-state index in [0.29, 0.717) is 17.4 Å². The molecule has 1 heterocycles. The second kappa shape index (κ2) is 7.34. The summed E-state index contributed by atoms with van der Waals surface area (Å²) in [6, 6.07) is 7.94. The number of rotatable bonds is 4. The Morgan fingerprint density at radius 1 is 1.06 bits per heavy atom. The number of aliphatic hydroxyl groups is 1. The van der Waals surface area contributed by atoms with Gasteiger partial charge in [-0.05, 0) is 72.1 Å². The number of ketones is 1. The number of halogens is 3. The maximum Gasteiger partial charge on any atom is 0.233 e. The second-order valence-electron chi connectivity index (χ2n) is 9.37. The van der Waals surface area contributed by atoms with Crippen LogP contribution in [0.3, 0.4) is 0 Å². The zero-order valence-corrected chi connectivity index (χ0v) is 18.1. The molecule has 7 heteroatoms. The van der Waals surface area contributed by atoms with E-state index >= 15 is 4.39 Å². The van der Waals surface area contributed by atoms with Gasteiger partial charge in [0.2, 0.25) is 5.91 Å². The molecule has 2 aromatic carbocycles. The number of carbonyl (C=O) groups excluding carboxylic acids is 2. The lowest BCUT2D eigenvalue weighted by Crippen LogP contribution is -2.41. The van der Waals surface area contributed by atoms with Gasteiger partial charge in [-0.15, -0.1) is 0 Å². The standard InChI is InChI=1S/C26H20ClF2NO3/c27-18-10-13(3-6-19(18)28)22(31)8-2-12-1-7-21(20(29)9-12)30-25(32)23-14-4-5-15(17-11-16(14)17)24(23)26(30)33/h1-10,14-17,23-25,32H,11H2/b8-2+/t14?,15?,16?,17?,23?,24-,25?/m1/s1. The minimum Gasteiger partial charge on any atom is -0.373 e. The van der Waals surface area contributed by atoms with Gasteiger partial charge in [0.25, 0.3) is 0 Å². The monoisotopic (exact) mass is 467 g/mol. The molecule has 0 radical (unpaired) electrons. The number of aliphatic hydroxyl groups excluding tert-OH is 1. The van der Waals surface area contributed by atoms with Crippen molar-refractivity contribution in [3.8, 4) is 0 Å². The highest BCUT2D eigenvalue weighted by molar-refractivity contribution is 6.31. The topological polar surface area (TPSA) is 57.6 Å². The summed E-state index contributed by atoms with van der Waals surface area (Å²) in [6.45, 7) is 0. The molecule has 2 saturated carbocycles. The van der Waals surface area contributed by atoms with Gasteiger partial charge in [-0.3, -0.25) is 14.5 Å². The first kappa shape index (κ1) is 20.8. The molecule has 5 aliphatic rings. The number of benzene rings is 2. The number of carbonyl (C=O) groups is 2. The fraction of sp³-hybridized carbons (Fsp3) is 0.308. The van der Waals surface area contributed by atoms with Gasteiger partial charge in [0.1, 0.15) is 17.9 Å². The van der Waals surface area contributed by atoms with E-state index in [2.05, 4.69) is 12.2 Å². The Bertz CT molecular complexity index is 1260. The van der Waals surface area contributed by atoms with E-state index in [1.54, 1.807) is 6.07 Å². The van der Waals surface area contributed by atoms with Crippen LogP contribution in [0.5, 0.6) is 0 Å². The van der Waals surface area contributed by atoms with Gasteiger partial charge in [0, 0.05) is 11.5 Å². The molecule has 33 heavy (non-hydrogen) atoms. The van der Waals surface area contributed by atoms with Crippen LogP contribution in [-0.2, 0) is 4.79 Å². The van der Waals surface area contributed by atoms with Crippen molar-refractivity contribution in [2.45, 2.75) is 12.6 Å². The van der Waals surface area contributed by atoms with Crippen LogP contribution in [0.25, 0.3) is 6.08 Å². The first-order valence-corrected chi connectivity index (χ1v) is 11.4. The molecular formula is C26H20ClF2NO3. The summed E-state index contributed by atoms with van der Waals surface area (Å²) >= 11 is 5.72. The smallest absolute Gasteiger partial charge is 0.233 e. The molecule has 2 bridgehead atoms.